The van der Waals surface area contributed by atoms with Crippen molar-refractivity contribution in [2.45, 2.75) is 13.2 Å². The van der Waals surface area contributed by atoms with E-state index in [-0.39, 0.29) is 29.3 Å². The predicted molar refractivity (Wildman–Crippen MR) is 132 cm³/mol. The molecule has 0 aliphatic carbocycles. The summed E-state index contributed by atoms with van der Waals surface area (Å²) >= 11 is 12.9. The van der Waals surface area contributed by atoms with Crippen LogP contribution in [0.3, 0.4) is 0 Å². The summed E-state index contributed by atoms with van der Waals surface area (Å²) < 4.78 is 5.91. The number of imide groups is 1. The molecule has 1 saturated heterocycles. The van der Waals surface area contributed by atoms with Crippen LogP contribution >= 0.6 is 35.0 Å². The first-order chi connectivity index (χ1) is 16.3. The number of nitrogens with zero attached hydrogens (tertiary/aromatic N) is 2. The average molecular weight is 515 g/mol. The smallest absolute Gasteiger partial charge is 0.293 e. The maximum Gasteiger partial charge on any atom is 0.293 e. The number of carbonyl (C=O) groups excluding carboxylic acids is 2. The van der Waals surface area contributed by atoms with Gasteiger partial charge in [-0.15, -0.1) is 0 Å². The fourth-order valence-electron chi connectivity index (χ4n) is 3.32. The molecule has 0 radical (unpaired) electrons. The number of amides is 2. The Hall–Kier alpha value is -3.33. The Balaban J connectivity index is 1.57. The molecule has 3 aromatic carbocycles. The van der Waals surface area contributed by atoms with E-state index >= 15 is 0 Å². The van der Waals surface area contributed by atoms with E-state index in [4.69, 9.17) is 27.9 Å². The molecule has 1 aliphatic rings. The summed E-state index contributed by atoms with van der Waals surface area (Å²) in [5.74, 6) is -0.0798. The first kappa shape index (κ1) is 23.8. The van der Waals surface area contributed by atoms with E-state index in [2.05, 4.69) is 0 Å². The number of hydrogen-bond acceptors (Lipinski definition) is 6. The van der Waals surface area contributed by atoms with E-state index in [1.54, 1.807) is 36.4 Å². The van der Waals surface area contributed by atoms with E-state index in [1.165, 1.54) is 24.3 Å². The molecular weight excluding hydrogens is 499 g/mol. The fourth-order valence-corrected chi connectivity index (χ4v) is 4.54. The van der Waals surface area contributed by atoms with Crippen LogP contribution in [0.5, 0.6) is 5.75 Å². The molecule has 4 rings (SSSR count). The molecule has 10 heteroatoms. The number of hydrogen-bond donors (Lipinski definition) is 0. The highest BCUT2D eigenvalue weighted by Crippen LogP contribution is 2.36. The monoisotopic (exact) mass is 514 g/mol. The number of thioether (sulfide) groups is 1. The third-order valence-electron chi connectivity index (χ3n) is 4.93. The summed E-state index contributed by atoms with van der Waals surface area (Å²) in [5.41, 5.74) is 1.49. The molecule has 0 saturated carbocycles. The van der Waals surface area contributed by atoms with Crippen LogP contribution in [0.4, 0.5) is 10.5 Å². The summed E-state index contributed by atoms with van der Waals surface area (Å²) in [6.45, 7) is 0.0367. The summed E-state index contributed by atoms with van der Waals surface area (Å²) in [6, 6.07) is 18.2. The molecule has 34 heavy (non-hydrogen) atoms. The van der Waals surface area contributed by atoms with Crippen molar-refractivity contribution in [1.82, 2.24) is 4.90 Å². The van der Waals surface area contributed by atoms with Crippen molar-refractivity contribution < 1.29 is 19.2 Å². The lowest BCUT2D eigenvalue weighted by Gasteiger charge is -2.13. The van der Waals surface area contributed by atoms with Crippen LogP contribution in [0.2, 0.25) is 10.0 Å². The van der Waals surface area contributed by atoms with Gasteiger partial charge in [0.15, 0.2) is 0 Å². The zero-order chi connectivity index (χ0) is 24.2. The normalized spacial score (nSPS) is 14.6. The van der Waals surface area contributed by atoms with Crippen LogP contribution in [0.1, 0.15) is 16.7 Å². The second kappa shape index (κ2) is 10.3. The Morgan fingerprint density at radius 1 is 1.00 bits per heavy atom. The maximum absolute atomic E-state index is 13.0. The van der Waals surface area contributed by atoms with Gasteiger partial charge in [-0.25, -0.2) is 0 Å². The highest BCUT2D eigenvalue weighted by Gasteiger charge is 2.36. The number of rotatable bonds is 7. The molecule has 0 atom stereocenters. The fraction of sp³-hybridized carbons (Fsp3) is 0.0833. The first-order valence-electron chi connectivity index (χ1n) is 9.96. The van der Waals surface area contributed by atoms with Gasteiger partial charge in [0.1, 0.15) is 12.4 Å². The minimum atomic E-state index is -0.547. The zero-order valence-corrected chi connectivity index (χ0v) is 19.8. The van der Waals surface area contributed by atoms with Crippen LogP contribution in [0.15, 0.2) is 71.6 Å². The molecule has 1 aliphatic heterocycles. The SMILES string of the molecule is O=C1S/C(=C/c2cc(Cl)ccc2OCc2cccc(Cl)c2)C(=O)N1Cc1ccccc1[N+](=O)[O-]. The molecule has 1 heterocycles. The largest absolute Gasteiger partial charge is 0.488 e. The van der Waals surface area contributed by atoms with Gasteiger partial charge in [0.05, 0.1) is 16.4 Å². The molecule has 0 bridgehead atoms. The highest BCUT2D eigenvalue weighted by atomic mass is 35.5. The first-order valence-corrected chi connectivity index (χ1v) is 11.5. The van der Waals surface area contributed by atoms with Crippen molar-refractivity contribution in [1.29, 1.82) is 0 Å². The molecule has 172 valence electrons. The van der Waals surface area contributed by atoms with Crippen molar-refractivity contribution in [3.63, 3.8) is 0 Å². The van der Waals surface area contributed by atoms with Crippen LogP contribution < -0.4 is 4.74 Å². The molecular formula is C24H16Cl2N2O5S. The van der Waals surface area contributed by atoms with E-state index in [0.29, 0.717) is 21.4 Å². The van der Waals surface area contributed by atoms with Gasteiger partial charge >= 0.3 is 0 Å². The molecule has 0 unspecified atom stereocenters. The van der Waals surface area contributed by atoms with Crippen molar-refractivity contribution in [3.8, 4) is 5.75 Å². The number of nitro groups is 1. The Kier molecular flexibility index (Phi) is 7.21. The summed E-state index contributed by atoms with van der Waals surface area (Å²) in [5, 5.41) is 11.8. The van der Waals surface area contributed by atoms with Gasteiger partial charge < -0.3 is 4.74 Å². The topological polar surface area (TPSA) is 89.8 Å². The van der Waals surface area contributed by atoms with Crippen molar-refractivity contribution in [2.75, 3.05) is 0 Å². The lowest BCUT2D eigenvalue weighted by atomic mass is 10.1. The van der Waals surface area contributed by atoms with E-state index in [9.17, 15) is 19.7 Å². The Morgan fingerprint density at radius 3 is 2.53 bits per heavy atom. The van der Waals surface area contributed by atoms with Gasteiger partial charge in [0.2, 0.25) is 0 Å². The van der Waals surface area contributed by atoms with E-state index in [1.807, 2.05) is 12.1 Å². The molecule has 7 nitrogen and oxygen atoms in total. The van der Waals surface area contributed by atoms with Crippen molar-refractivity contribution in [3.05, 3.63) is 108 Å². The molecule has 0 aromatic heterocycles. The van der Waals surface area contributed by atoms with Crippen LogP contribution in [-0.2, 0) is 17.9 Å². The summed E-state index contributed by atoms with van der Waals surface area (Å²) in [4.78, 5) is 37.4. The molecule has 0 spiro atoms. The highest BCUT2D eigenvalue weighted by molar-refractivity contribution is 8.18. The molecule has 0 N–H and O–H groups in total. The third-order valence-corrected chi connectivity index (χ3v) is 6.31. The van der Waals surface area contributed by atoms with Gasteiger partial charge in [-0.1, -0.05) is 53.5 Å². The van der Waals surface area contributed by atoms with Crippen molar-refractivity contribution in [2.24, 2.45) is 0 Å². The average Bonchev–Trinajstić information content (AvgIpc) is 3.06. The van der Waals surface area contributed by atoms with Crippen molar-refractivity contribution >= 4 is 57.9 Å². The number of nitro benzene ring substituents is 1. The summed E-state index contributed by atoms with van der Waals surface area (Å²) in [6.07, 6.45) is 1.53. The minimum Gasteiger partial charge on any atom is -0.488 e. The second-order valence-corrected chi connectivity index (χ2v) is 9.12. The Labute approximate surface area is 209 Å². The molecule has 1 fully saturated rings. The van der Waals surface area contributed by atoms with Gasteiger partial charge in [-0.05, 0) is 53.7 Å². The van der Waals surface area contributed by atoms with E-state index < -0.39 is 16.1 Å². The van der Waals surface area contributed by atoms with E-state index in [0.717, 1.165) is 22.2 Å². The van der Waals surface area contributed by atoms with Crippen LogP contribution in [-0.4, -0.2) is 21.0 Å². The number of ether oxygens (including phenoxy) is 1. The minimum absolute atomic E-state index is 0.155. The second-order valence-electron chi connectivity index (χ2n) is 7.25. The van der Waals surface area contributed by atoms with Crippen LogP contribution in [0.25, 0.3) is 6.08 Å². The van der Waals surface area contributed by atoms with Gasteiger partial charge in [0.25, 0.3) is 16.8 Å². The predicted octanol–water partition coefficient (Wildman–Crippen LogP) is 6.72. The maximum atomic E-state index is 13.0. The number of halogens is 2. The molecule has 2 amide bonds. The Morgan fingerprint density at radius 2 is 1.76 bits per heavy atom. The van der Waals surface area contributed by atoms with Gasteiger partial charge in [-0.3, -0.25) is 24.6 Å². The lowest BCUT2D eigenvalue weighted by molar-refractivity contribution is -0.385. The van der Waals surface area contributed by atoms with Crippen LogP contribution in [0, 0.1) is 10.1 Å². The number of benzene rings is 3. The van der Waals surface area contributed by atoms with Gasteiger partial charge in [0, 0.05) is 27.2 Å². The lowest BCUT2D eigenvalue weighted by Crippen LogP contribution is -2.27. The van der Waals surface area contributed by atoms with Gasteiger partial charge in [-0.2, -0.15) is 0 Å². The molecule has 3 aromatic rings. The number of para-hydroxylation sites is 1. The summed E-state index contributed by atoms with van der Waals surface area (Å²) in [7, 11) is 0. The third kappa shape index (κ3) is 5.41. The Bertz CT molecular complexity index is 1330. The standard InChI is InChI=1S/C24H16Cl2N2O5S/c25-18-6-3-4-15(10-18)14-33-21-9-8-19(26)11-17(21)12-22-23(29)27(24(30)34-22)13-16-5-1-2-7-20(16)28(31)32/h1-12H,13-14H2/b22-12+. The number of carbonyl (C=O) groups is 2. The zero-order valence-electron chi connectivity index (χ0n) is 17.4. The quantitative estimate of drug-likeness (QED) is 0.197.